The minimum absolute atomic E-state index is 0.0162. The molecule has 4 aliphatic rings. The maximum absolute atomic E-state index is 16.3. The first-order valence-corrected chi connectivity index (χ1v) is 17.5. The highest BCUT2D eigenvalue weighted by Crippen LogP contribution is 2.64. The van der Waals surface area contributed by atoms with Crippen molar-refractivity contribution < 1.29 is 23.5 Å². The molecule has 1 amide bonds. The summed E-state index contributed by atoms with van der Waals surface area (Å²) in [4.78, 5) is 30.1. The van der Waals surface area contributed by atoms with Crippen LogP contribution in [0.15, 0.2) is 54.6 Å². The number of hydrogen-bond acceptors (Lipinski definition) is 6. The molecule has 4 atom stereocenters. The van der Waals surface area contributed by atoms with Crippen LogP contribution < -0.4 is 5.32 Å². The van der Waals surface area contributed by atoms with Gasteiger partial charge in [-0.1, -0.05) is 60.0 Å². The van der Waals surface area contributed by atoms with Gasteiger partial charge in [0.15, 0.2) is 5.78 Å². The third-order valence-electron chi connectivity index (χ3n) is 11.0. The quantitative estimate of drug-likeness (QED) is 0.131. The van der Waals surface area contributed by atoms with E-state index in [1.807, 2.05) is 28.9 Å². The lowest BCUT2D eigenvalue weighted by Gasteiger charge is -2.43. The van der Waals surface area contributed by atoms with Gasteiger partial charge in [0.05, 0.1) is 29.8 Å². The second-order valence-corrected chi connectivity index (χ2v) is 14.3. The van der Waals surface area contributed by atoms with E-state index in [1.54, 1.807) is 37.4 Å². The van der Waals surface area contributed by atoms with E-state index < -0.39 is 17.3 Å². The zero-order valence-corrected chi connectivity index (χ0v) is 28.2. The maximum Gasteiger partial charge on any atom is 0.250 e. The Labute approximate surface area is 288 Å². The van der Waals surface area contributed by atoms with Gasteiger partial charge < -0.3 is 14.8 Å². The fourth-order valence-electron chi connectivity index (χ4n) is 8.62. The predicted octanol–water partition coefficient (Wildman–Crippen LogP) is 7.32. The van der Waals surface area contributed by atoms with E-state index in [9.17, 15) is 9.59 Å². The van der Waals surface area contributed by atoms with E-state index in [4.69, 9.17) is 37.8 Å². The highest BCUT2D eigenvalue weighted by molar-refractivity contribution is 6.31. The third kappa shape index (κ3) is 4.92. The largest absolute Gasteiger partial charge is 0.382 e. The number of carbonyl (C=O) groups excluding carboxylic acids is 2. The topological polar surface area (TPSA) is 85.7 Å². The number of halogens is 3. The van der Waals surface area contributed by atoms with Crippen LogP contribution in [0.3, 0.4) is 0 Å². The molecule has 2 fully saturated rings. The highest BCUT2D eigenvalue weighted by Gasteiger charge is 2.69. The molecular weight excluding hydrogens is 654 g/mol. The van der Waals surface area contributed by atoms with Gasteiger partial charge in [0, 0.05) is 78.0 Å². The number of amides is 1. The first-order valence-electron chi connectivity index (χ1n) is 16.8. The Kier molecular flexibility index (Phi) is 8.32. The number of Topliss-reactive ketones (excluding diaryl/α,β-unsaturated/α-hetero) is 1. The Morgan fingerprint density at radius 1 is 1.10 bits per heavy atom. The van der Waals surface area contributed by atoms with Crippen molar-refractivity contribution in [3.63, 3.8) is 0 Å². The Hall–Kier alpha value is -3.34. The molecule has 250 valence electrons. The molecule has 11 heteroatoms. The molecule has 1 saturated carbocycles. The van der Waals surface area contributed by atoms with E-state index in [0.717, 1.165) is 29.5 Å². The van der Waals surface area contributed by atoms with E-state index in [0.29, 0.717) is 78.9 Å². The molecule has 1 N–H and O–H groups in total. The van der Waals surface area contributed by atoms with Gasteiger partial charge in [-0.05, 0) is 55.0 Å². The summed E-state index contributed by atoms with van der Waals surface area (Å²) in [5.74, 6) is -0.874. The minimum atomic E-state index is -1.20. The van der Waals surface area contributed by atoms with Gasteiger partial charge in [0.25, 0.3) is 0 Å². The van der Waals surface area contributed by atoms with Crippen molar-refractivity contribution in [3.05, 3.63) is 92.8 Å². The van der Waals surface area contributed by atoms with Crippen LogP contribution in [0, 0.1) is 11.7 Å². The van der Waals surface area contributed by atoms with Crippen LogP contribution in [0.1, 0.15) is 71.2 Å². The number of carbonyl (C=O) groups is 2. The fraction of sp³-hybridized carbons (Fsp3) is 0.432. The molecule has 4 heterocycles. The number of nitrogens with one attached hydrogen (secondary N) is 1. The number of ether oxygens (including phenoxy) is 2. The predicted molar refractivity (Wildman–Crippen MR) is 182 cm³/mol. The lowest BCUT2D eigenvalue weighted by molar-refractivity contribution is -0.128. The molecule has 0 bridgehead atoms. The summed E-state index contributed by atoms with van der Waals surface area (Å²) in [5.41, 5.74) is 2.98. The van der Waals surface area contributed by atoms with Gasteiger partial charge >= 0.3 is 0 Å². The lowest BCUT2D eigenvalue weighted by atomic mass is 9.73. The molecule has 0 radical (unpaired) electrons. The molecular formula is C37H37Cl2FN4O4. The Balaban J connectivity index is 1.23. The first-order chi connectivity index (χ1) is 23.3. The number of ketones is 1. The van der Waals surface area contributed by atoms with Gasteiger partial charge in [-0.3, -0.25) is 19.2 Å². The van der Waals surface area contributed by atoms with Crippen LogP contribution in [-0.4, -0.2) is 65.9 Å². The average molecular weight is 692 g/mol. The van der Waals surface area contributed by atoms with E-state index >= 15 is 4.39 Å². The highest BCUT2D eigenvalue weighted by atomic mass is 35.5. The zero-order valence-electron chi connectivity index (χ0n) is 26.7. The summed E-state index contributed by atoms with van der Waals surface area (Å²) in [6.45, 7) is 2.22. The first kappa shape index (κ1) is 31.9. The van der Waals surface area contributed by atoms with Crippen LogP contribution in [0.4, 0.5) is 10.1 Å². The van der Waals surface area contributed by atoms with Crippen LogP contribution in [0.2, 0.25) is 10.0 Å². The van der Waals surface area contributed by atoms with Gasteiger partial charge in [0.1, 0.15) is 11.4 Å². The summed E-state index contributed by atoms with van der Waals surface area (Å²) >= 11 is 12.9. The van der Waals surface area contributed by atoms with E-state index in [1.165, 1.54) is 6.42 Å². The van der Waals surface area contributed by atoms with Gasteiger partial charge in [-0.25, -0.2) is 4.39 Å². The molecule has 3 aliphatic heterocycles. The van der Waals surface area contributed by atoms with Gasteiger partial charge in [-0.2, -0.15) is 5.10 Å². The summed E-state index contributed by atoms with van der Waals surface area (Å²) < 4.78 is 28.9. The fourth-order valence-corrected chi connectivity index (χ4v) is 8.97. The summed E-state index contributed by atoms with van der Waals surface area (Å²) in [5, 5.41) is 9.76. The van der Waals surface area contributed by atoms with Crippen molar-refractivity contribution >= 4 is 51.5 Å². The Bertz CT molecular complexity index is 1930. The molecule has 8 nitrogen and oxygen atoms in total. The van der Waals surface area contributed by atoms with Crippen LogP contribution in [0.5, 0.6) is 0 Å². The smallest absolute Gasteiger partial charge is 0.250 e. The number of rotatable bonds is 11. The molecule has 48 heavy (non-hydrogen) atoms. The Morgan fingerprint density at radius 3 is 2.75 bits per heavy atom. The van der Waals surface area contributed by atoms with Crippen molar-refractivity contribution in [1.82, 2.24) is 14.7 Å². The van der Waals surface area contributed by atoms with Gasteiger partial charge in [0.2, 0.25) is 5.91 Å². The number of nitrogens with zero attached hydrogens (tertiary/aromatic N) is 3. The van der Waals surface area contributed by atoms with Crippen molar-refractivity contribution in [3.8, 4) is 0 Å². The zero-order chi connectivity index (χ0) is 33.2. The van der Waals surface area contributed by atoms with E-state index in [-0.39, 0.29) is 28.8 Å². The van der Waals surface area contributed by atoms with Crippen LogP contribution in [-0.2, 0) is 26.2 Å². The van der Waals surface area contributed by atoms with Crippen molar-refractivity contribution in [2.75, 3.05) is 38.8 Å². The SMILES string of the molecule is COCCOCCCC(=O)c1ccc2c3n(nc2c1)[C@@H]1[C@H](C3)N(CC2CCC2)[C@@]2(C(=O)Nc3cc(Cl)ccc32)[C@H]1c1cccc(Cl)c1F. The molecule has 8 rings (SSSR count). The molecule has 3 aromatic carbocycles. The summed E-state index contributed by atoms with van der Waals surface area (Å²) in [7, 11) is 1.63. The van der Waals surface area contributed by atoms with Crippen molar-refractivity contribution in [2.24, 2.45) is 5.92 Å². The number of methoxy groups -OCH3 is 1. The number of benzene rings is 3. The Morgan fingerprint density at radius 2 is 1.96 bits per heavy atom. The van der Waals surface area contributed by atoms with Crippen molar-refractivity contribution in [2.45, 2.75) is 62.1 Å². The summed E-state index contributed by atoms with van der Waals surface area (Å²) in [6, 6.07) is 15.8. The maximum atomic E-state index is 16.3. The second-order valence-electron chi connectivity index (χ2n) is 13.5. The van der Waals surface area contributed by atoms with Crippen LogP contribution in [0.25, 0.3) is 10.9 Å². The number of anilines is 1. The lowest BCUT2D eigenvalue weighted by Crippen LogP contribution is -2.54. The van der Waals surface area contributed by atoms with Gasteiger partial charge in [-0.15, -0.1) is 0 Å². The number of likely N-dealkylation sites (tertiary alicyclic amines) is 1. The summed E-state index contributed by atoms with van der Waals surface area (Å²) in [6.07, 6.45) is 4.97. The molecule has 4 aromatic rings. The molecule has 1 aliphatic carbocycles. The molecule has 1 aromatic heterocycles. The molecule has 1 saturated heterocycles. The van der Waals surface area contributed by atoms with E-state index in [2.05, 4.69) is 10.2 Å². The second kappa shape index (κ2) is 12.5. The minimum Gasteiger partial charge on any atom is -0.382 e. The number of fused-ring (bicyclic) bond motifs is 7. The standard InChI is InChI=1S/C37H37Cl2FN4O4/c1-47-15-16-48-14-4-9-32(45)22-10-12-24-28(17-22)42-44-30(24)19-31-35(44)33(25-7-3-8-27(39)34(25)40)37(43(31)20-21-5-2-6-21)26-13-11-23(38)18-29(26)41-36(37)46/h3,7-8,10-13,17-18,21,31,33,35H,2,4-6,9,14-16,19-20H2,1H3,(H,41,46)/t31-,33-,35+,37+/m0/s1. The number of aromatic nitrogens is 2. The monoisotopic (exact) mass is 690 g/mol. The van der Waals surface area contributed by atoms with Crippen molar-refractivity contribution in [1.29, 1.82) is 0 Å². The van der Waals surface area contributed by atoms with Crippen LogP contribution >= 0.6 is 23.2 Å². The normalized spacial score (nSPS) is 24.6. The average Bonchev–Trinajstić information content (AvgIpc) is 3.74. The molecule has 0 unspecified atom stereocenters. The third-order valence-corrected chi connectivity index (χ3v) is 11.5. The molecule has 1 spiro atoms. The number of hydrogen-bond donors (Lipinski definition) is 1.